The molecular weight excluding hydrogens is 436 g/mol. The molecular formula is C26H38N2O6. The summed E-state index contributed by atoms with van der Waals surface area (Å²) in [6.07, 6.45) is 7.74. The van der Waals surface area contributed by atoms with Crippen LogP contribution in [0.1, 0.15) is 67.7 Å². The molecule has 0 aliphatic carbocycles. The molecule has 1 aliphatic rings. The normalized spacial score (nSPS) is 34.8. The summed E-state index contributed by atoms with van der Waals surface area (Å²) in [5, 5.41) is 0. The van der Waals surface area contributed by atoms with Gasteiger partial charge in [-0.1, -0.05) is 26.8 Å². The Hall–Kier alpha value is -2.74. The number of esters is 1. The van der Waals surface area contributed by atoms with E-state index < -0.39 is 29.4 Å². The molecule has 0 fully saturated rings. The number of allylic oxidation sites excluding steroid dienone is 2. The third kappa shape index (κ3) is 6.65. The van der Waals surface area contributed by atoms with E-state index in [0.29, 0.717) is 30.4 Å². The Bertz CT molecular complexity index is 951. The number of ketones is 1. The second-order valence-electron chi connectivity index (χ2n) is 9.81. The standard InChI is InChI=1S/C26H38N2O6/c1-9-21-26(7,34-24(31)28-11-10-27-16-28)15-20(5)22(29)19(4)14-25(6,32-8)13-17(2)12-18(3)23(30)33-21/h10-12,15-17,19,21H,9,13-14H2,1-8H3/b18-12-,20-15+/t17-,19+,21+,25-,26-/m0/s1. The summed E-state index contributed by atoms with van der Waals surface area (Å²) >= 11 is 0. The van der Waals surface area contributed by atoms with Gasteiger partial charge < -0.3 is 14.2 Å². The van der Waals surface area contributed by atoms with Crippen molar-refractivity contribution in [2.75, 3.05) is 7.11 Å². The van der Waals surface area contributed by atoms with E-state index in [1.165, 1.54) is 23.3 Å². The molecule has 2 heterocycles. The molecule has 2 rings (SSSR count). The molecule has 1 aliphatic heterocycles. The molecule has 0 bridgehead atoms. The van der Waals surface area contributed by atoms with Crippen molar-refractivity contribution < 1.29 is 28.6 Å². The van der Waals surface area contributed by atoms with Crippen molar-refractivity contribution in [2.24, 2.45) is 11.8 Å². The zero-order valence-electron chi connectivity index (χ0n) is 21.6. The first-order chi connectivity index (χ1) is 15.8. The first kappa shape index (κ1) is 27.5. The Morgan fingerprint density at radius 1 is 1.21 bits per heavy atom. The molecule has 1 aromatic rings. The SMILES string of the molecule is CC[C@H]1OC(=O)/C(C)=C\[C@H](C)C[C@](C)(OC)C[C@@H](C)C(=O)/C(C)=C/[C@]1(C)OC(=O)n1ccnc1. The highest BCUT2D eigenvalue weighted by molar-refractivity contribution is 5.96. The second-order valence-corrected chi connectivity index (χ2v) is 9.81. The third-order valence-corrected chi connectivity index (χ3v) is 6.46. The zero-order valence-corrected chi connectivity index (χ0v) is 21.6. The lowest BCUT2D eigenvalue weighted by atomic mass is 9.81. The number of rotatable bonds is 3. The number of carbonyl (C=O) groups excluding carboxylic acids is 3. The van der Waals surface area contributed by atoms with Crippen LogP contribution in [0, 0.1) is 11.8 Å². The number of aromatic nitrogens is 2. The van der Waals surface area contributed by atoms with Gasteiger partial charge in [-0.25, -0.2) is 19.1 Å². The number of cyclic esters (lactones) is 1. The van der Waals surface area contributed by atoms with Gasteiger partial charge in [0.25, 0.3) is 0 Å². The predicted octanol–water partition coefficient (Wildman–Crippen LogP) is 4.88. The van der Waals surface area contributed by atoms with Crippen LogP contribution in [0.15, 0.2) is 42.0 Å². The Labute approximate surface area is 202 Å². The van der Waals surface area contributed by atoms with E-state index in [2.05, 4.69) is 4.98 Å². The smallest absolute Gasteiger partial charge is 0.420 e. The van der Waals surface area contributed by atoms with E-state index in [0.717, 1.165) is 0 Å². The topological polar surface area (TPSA) is 96.7 Å². The predicted molar refractivity (Wildman–Crippen MR) is 128 cm³/mol. The van der Waals surface area contributed by atoms with Crippen LogP contribution in [0.5, 0.6) is 0 Å². The number of hydrogen-bond acceptors (Lipinski definition) is 7. The Morgan fingerprint density at radius 3 is 2.44 bits per heavy atom. The van der Waals surface area contributed by atoms with Crippen LogP contribution in [0.4, 0.5) is 4.79 Å². The third-order valence-electron chi connectivity index (χ3n) is 6.46. The maximum absolute atomic E-state index is 13.3. The molecule has 34 heavy (non-hydrogen) atoms. The van der Waals surface area contributed by atoms with E-state index in [1.807, 2.05) is 33.8 Å². The van der Waals surface area contributed by atoms with Gasteiger partial charge in [0.2, 0.25) is 0 Å². The lowest BCUT2D eigenvalue weighted by Crippen LogP contribution is -2.46. The quantitative estimate of drug-likeness (QED) is 0.576. The van der Waals surface area contributed by atoms with Gasteiger partial charge in [-0.2, -0.15) is 0 Å². The molecule has 0 saturated carbocycles. The fourth-order valence-corrected chi connectivity index (χ4v) is 4.74. The van der Waals surface area contributed by atoms with Gasteiger partial charge >= 0.3 is 12.1 Å². The van der Waals surface area contributed by atoms with E-state index >= 15 is 0 Å². The van der Waals surface area contributed by atoms with Gasteiger partial charge in [-0.3, -0.25) is 4.79 Å². The van der Waals surface area contributed by atoms with Crippen LogP contribution in [0.2, 0.25) is 0 Å². The average molecular weight is 475 g/mol. The van der Waals surface area contributed by atoms with Crippen LogP contribution in [0.3, 0.4) is 0 Å². The number of nitrogens with zero attached hydrogens (tertiary/aromatic N) is 2. The molecule has 0 radical (unpaired) electrons. The Kier molecular flexibility index (Phi) is 9.00. The maximum Gasteiger partial charge on any atom is 0.420 e. The summed E-state index contributed by atoms with van der Waals surface area (Å²) in [7, 11) is 1.64. The fourth-order valence-electron chi connectivity index (χ4n) is 4.74. The minimum absolute atomic E-state index is 0.0184. The molecule has 0 aromatic carbocycles. The van der Waals surface area contributed by atoms with Crippen LogP contribution in [-0.2, 0) is 23.8 Å². The Morgan fingerprint density at radius 2 is 1.88 bits per heavy atom. The Balaban J connectivity index is 2.56. The summed E-state index contributed by atoms with van der Waals surface area (Å²) in [5.41, 5.74) is -1.04. The number of Topliss-reactive ketones (excluding diaryl/α,β-unsaturated/α-hetero) is 1. The van der Waals surface area contributed by atoms with Gasteiger partial charge in [0, 0.05) is 31.0 Å². The minimum atomic E-state index is -1.38. The minimum Gasteiger partial charge on any atom is -0.454 e. The van der Waals surface area contributed by atoms with Crippen molar-refractivity contribution in [2.45, 2.75) is 85.0 Å². The van der Waals surface area contributed by atoms with Gasteiger partial charge in [0.05, 0.1) is 5.60 Å². The van der Waals surface area contributed by atoms with Crippen molar-refractivity contribution in [1.29, 1.82) is 0 Å². The summed E-state index contributed by atoms with van der Waals surface area (Å²) in [5.74, 6) is -0.876. The molecule has 1 aromatic heterocycles. The van der Waals surface area contributed by atoms with Crippen LogP contribution in [0.25, 0.3) is 0 Å². The number of methoxy groups -OCH3 is 1. The number of hydrogen-bond donors (Lipinski definition) is 0. The molecule has 188 valence electrons. The van der Waals surface area contributed by atoms with Crippen LogP contribution in [-0.4, -0.2) is 51.8 Å². The first-order valence-electron chi connectivity index (χ1n) is 11.7. The van der Waals surface area contributed by atoms with Crippen LogP contribution < -0.4 is 0 Å². The molecule has 0 saturated heterocycles. The first-order valence-corrected chi connectivity index (χ1v) is 11.7. The van der Waals surface area contributed by atoms with Crippen molar-refractivity contribution in [3.8, 4) is 0 Å². The van der Waals surface area contributed by atoms with Gasteiger partial charge in [-0.15, -0.1) is 0 Å². The van der Waals surface area contributed by atoms with E-state index in [9.17, 15) is 14.4 Å². The molecule has 0 unspecified atom stereocenters. The summed E-state index contributed by atoms with van der Waals surface area (Å²) in [6, 6.07) is 0. The summed E-state index contributed by atoms with van der Waals surface area (Å²) in [6.45, 7) is 12.8. The second kappa shape index (κ2) is 11.1. The van der Waals surface area contributed by atoms with E-state index in [-0.39, 0.29) is 17.6 Å². The molecule has 8 nitrogen and oxygen atoms in total. The largest absolute Gasteiger partial charge is 0.454 e. The molecule has 0 N–H and O–H groups in total. The van der Waals surface area contributed by atoms with E-state index in [4.69, 9.17) is 14.2 Å². The number of carbonyl (C=O) groups is 3. The number of imidazole rings is 1. The molecule has 0 amide bonds. The van der Waals surface area contributed by atoms with E-state index in [1.54, 1.807) is 34.0 Å². The highest BCUT2D eigenvalue weighted by Crippen LogP contribution is 2.33. The monoisotopic (exact) mass is 474 g/mol. The molecule has 0 spiro atoms. The van der Waals surface area contributed by atoms with Crippen molar-refractivity contribution in [1.82, 2.24) is 9.55 Å². The van der Waals surface area contributed by atoms with Gasteiger partial charge in [-0.05, 0) is 64.5 Å². The maximum atomic E-state index is 13.3. The highest BCUT2D eigenvalue weighted by atomic mass is 16.6. The molecule has 8 heteroatoms. The van der Waals surface area contributed by atoms with Crippen molar-refractivity contribution in [3.05, 3.63) is 42.0 Å². The molecule has 5 atom stereocenters. The summed E-state index contributed by atoms with van der Waals surface area (Å²) < 4.78 is 18.7. The van der Waals surface area contributed by atoms with Crippen molar-refractivity contribution in [3.63, 3.8) is 0 Å². The fraction of sp³-hybridized carbons (Fsp3) is 0.615. The zero-order chi connectivity index (χ0) is 25.7. The van der Waals surface area contributed by atoms with Gasteiger partial charge in [0.1, 0.15) is 12.4 Å². The van der Waals surface area contributed by atoms with Crippen LogP contribution >= 0.6 is 0 Å². The highest BCUT2D eigenvalue weighted by Gasteiger charge is 2.40. The summed E-state index contributed by atoms with van der Waals surface area (Å²) in [4.78, 5) is 43.0. The van der Waals surface area contributed by atoms with Gasteiger partial charge in [0.15, 0.2) is 11.4 Å². The van der Waals surface area contributed by atoms with Crippen molar-refractivity contribution >= 4 is 17.8 Å². The number of ether oxygens (including phenoxy) is 3. The lowest BCUT2D eigenvalue weighted by Gasteiger charge is -2.35. The average Bonchev–Trinajstić information content (AvgIpc) is 3.30. The lowest BCUT2D eigenvalue weighted by molar-refractivity contribution is -0.155.